The molecule has 5 aromatic rings. The number of anilines is 1. The maximum Gasteiger partial charge on any atom is 0.410 e. The summed E-state index contributed by atoms with van der Waals surface area (Å²) in [6, 6.07) is 23.2. The van der Waals surface area contributed by atoms with Crippen molar-refractivity contribution in [2.45, 2.75) is 45.1 Å². The third-order valence-corrected chi connectivity index (χ3v) is 8.18. The molecule has 2 aliphatic heterocycles. The number of fused-ring (bicyclic) bond motifs is 2. The van der Waals surface area contributed by atoms with Gasteiger partial charge in [0.1, 0.15) is 29.5 Å². The average Bonchev–Trinajstić information content (AvgIpc) is 3.65. The topological polar surface area (TPSA) is 163 Å². The van der Waals surface area contributed by atoms with Crippen molar-refractivity contribution in [2.24, 2.45) is 0 Å². The molecule has 1 saturated heterocycles. The van der Waals surface area contributed by atoms with Crippen LogP contribution >= 0.6 is 0 Å². The number of carbonyl (C=O) groups excluding carboxylic acids is 3. The number of hydroxylamine groups is 2. The van der Waals surface area contributed by atoms with Crippen LogP contribution in [0.1, 0.15) is 59.0 Å². The van der Waals surface area contributed by atoms with Crippen LogP contribution in [-0.4, -0.2) is 91.5 Å². The second-order valence-electron chi connectivity index (χ2n) is 13.2. The number of pyridine rings is 1. The number of hydrogen-bond acceptors (Lipinski definition) is 12. The molecule has 51 heavy (non-hydrogen) atoms. The smallest absolute Gasteiger partial charge is 0.410 e. The number of methoxy groups -OCH3 is 1. The summed E-state index contributed by atoms with van der Waals surface area (Å²) in [6.07, 6.45) is -1.40. The highest BCUT2D eigenvalue weighted by atomic mass is 16.7. The minimum atomic E-state index is -1.07. The molecule has 0 saturated carbocycles. The van der Waals surface area contributed by atoms with Crippen LogP contribution in [0.15, 0.2) is 78.9 Å². The number of nitrogens with zero attached hydrogens (tertiary/aromatic N) is 7. The molecule has 0 bridgehead atoms. The summed E-state index contributed by atoms with van der Waals surface area (Å²) in [6.45, 7) is 6.75. The fourth-order valence-corrected chi connectivity index (χ4v) is 5.59. The van der Waals surface area contributed by atoms with E-state index in [1.807, 2.05) is 69.3 Å². The number of nitrogens with one attached hydrogen (secondary N) is 1. The quantitative estimate of drug-likeness (QED) is 0.191. The molecule has 1 fully saturated rings. The molecule has 0 radical (unpaired) electrons. The minimum absolute atomic E-state index is 0.0620. The van der Waals surface area contributed by atoms with Crippen LogP contribution in [0.25, 0.3) is 10.9 Å². The fourth-order valence-electron chi connectivity index (χ4n) is 5.59. The van der Waals surface area contributed by atoms with E-state index in [-0.39, 0.29) is 35.7 Å². The van der Waals surface area contributed by atoms with Crippen molar-refractivity contribution >= 4 is 34.6 Å². The van der Waals surface area contributed by atoms with Gasteiger partial charge < -0.3 is 24.4 Å². The predicted octanol–water partition coefficient (Wildman–Crippen LogP) is 4.66. The van der Waals surface area contributed by atoms with Gasteiger partial charge in [0.15, 0.2) is 6.10 Å². The van der Waals surface area contributed by atoms with Crippen LogP contribution in [0.2, 0.25) is 0 Å². The molecule has 262 valence electrons. The van der Waals surface area contributed by atoms with E-state index < -0.39 is 23.5 Å². The third kappa shape index (κ3) is 7.43. The number of ether oxygens (including phenoxy) is 3. The normalized spacial score (nSPS) is 15.1. The minimum Gasteiger partial charge on any atom is -0.497 e. The molecule has 0 spiro atoms. The Kier molecular flexibility index (Phi) is 8.95. The highest BCUT2D eigenvalue weighted by Gasteiger charge is 2.39. The summed E-state index contributed by atoms with van der Waals surface area (Å²) >= 11 is 0. The lowest BCUT2D eigenvalue weighted by atomic mass is 10.1. The molecule has 15 nitrogen and oxygen atoms in total. The maximum atomic E-state index is 13.1. The Morgan fingerprint density at radius 3 is 2.33 bits per heavy atom. The van der Waals surface area contributed by atoms with E-state index >= 15 is 0 Å². The molecule has 7 rings (SSSR count). The van der Waals surface area contributed by atoms with Crippen molar-refractivity contribution in [3.05, 3.63) is 101 Å². The van der Waals surface area contributed by atoms with Gasteiger partial charge in [-0.15, -0.1) is 15.3 Å². The molecule has 1 N–H and O–H groups in total. The number of benzene rings is 3. The van der Waals surface area contributed by atoms with Crippen LogP contribution in [0.3, 0.4) is 0 Å². The number of imide groups is 1. The molecule has 1 atom stereocenters. The van der Waals surface area contributed by atoms with Gasteiger partial charge in [-0.05, 0) is 86.1 Å². The van der Waals surface area contributed by atoms with E-state index in [0.717, 1.165) is 27.3 Å². The number of likely N-dealkylation sites (tertiary alicyclic amines) is 1. The summed E-state index contributed by atoms with van der Waals surface area (Å²) in [5.41, 5.74) is 1.59. The van der Waals surface area contributed by atoms with E-state index in [0.29, 0.717) is 31.2 Å². The van der Waals surface area contributed by atoms with Gasteiger partial charge in [-0.25, -0.2) is 14.6 Å². The first-order valence-corrected chi connectivity index (χ1v) is 16.4. The number of amides is 3. The summed E-state index contributed by atoms with van der Waals surface area (Å²) in [4.78, 5) is 52.3. The molecule has 1 unspecified atom stereocenters. The molecule has 2 aliphatic rings. The summed E-state index contributed by atoms with van der Waals surface area (Å²) in [5.74, 6) is 0.848. The van der Waals surface area contributed by atoms with Gasteiger partial charge >= 0.3 is 6.09 Å². The van der Waals surface area contributed by atoms with Gasteiger partial charge in [0.2, 0.25) is 5.82 Å². The first-order chi connectivity index (χ1) is 24.5. The van der Waals surface area contributed by atoms with Gasteiger partial charge in [0, 0.05) is 18.5 Å². The number of rotatable bonds is 11. The Morgan fingerprint density at radius 1 is 0.941 bits per heavy atom. The fraction of sp³-hybridized carbons (Fsp3) is 0.306. The second-order valence-corrected chi connectivity index (χ2v) is 13.2. The average molecular weight is 693 g/mol. The van der Waals surface area contributed by atoms with Crippen molar-refractivity contribution in [2.75, 3.05) is 32.1 Å². The van der Waals surface area contributed by atoms with Crippen LogP contribution in [0.5, 0.6) is 11.5 Å². The van der Waals surface area contributed by atoms with E-state index in [2.05, 4.69) is 20.7 Å². The molecule has 3 amide bonds. The van der Waals surface area contributed by atoms with Crippen molar-refractivity contribution in [1.82, 2.24) is 35.2 Å². The highest BCUT2D eigenvalue weighted by Crippen LogP contribution is 2.28. The zero-order chi connectivity index (χ0) is 35.7. The number of hydrogen-bond donors (Lipinski definition) is 1. The Balaban J connectivity index is 1.03. The molecule has 15 heteroatoms. The summed E-state index contributed by atoms with van der Waals surface area (Å²) < 4.78 is 16.8. The Morgan fingerprint density at radius 2 is 1.65 bits per heavy atom. The largest absolute Gasteiger partial charge is 0.497 e. The predicted molar refractivity (Wildman–Crippen MR) is 183 cm³/mol. The number of carbonyl (C=O) groups is 3. The van der Waals surface area contributed by atoms with Gasteiger partial charge in [-0.2, -0.15) is 4.80 Å². The first kappa shape index (κ1) is 33.4. The van der Waals surface area contributed by atoms with Gasteiger partial charge in [-0.1, -0.05) is 24.3 Å². The van der Waals surface area contributed by atoms with Gasteiger partial charge in [-0.3, -0.25) is 9.59 Å². The van der Waals surface area contributed by atoms with E-state index in [1.54, 1.807) is 42.3 Å². The van der Waals surface area contributed by atoms with Crippen LogP contribution in [-0.2, 0) is 16.1 Å². The van der Waals surface area contributed by atoms with Crippen LogP contribution < -0.4 is 14.8 Å². The monoisotopic (exact) mass is 692 g/mol. The van der Waals surface area contributed by atoms with E-state index in [1.165, 1.54) is 4.80 Å². The van der Waals surface area contributed by atoms with Gasteiger partial charge in [0.25, 0.3) is 11.8 Å². The van der Waals surface area contributed by atoms with E-state index in [4.69, 9.17) is 24.0 Å². The summed E-state index contributed by atoms with van der Waals surface area (Å²) in [5, 5.41) is 17.7. The van der Waals surface area contributed by atoms with Crippen LogP contribution in [0.4, 0.5) is 10.6 Å². The second kappa shape index (κ2) is 13.7. The molecular formula is C36H36N8O7. The lowest BCUT2D eigenvalue weighted by Gasteiger charge is -2.40. The Bertz CT molecular complexity index is 2050. The maximum absolute atomic E-state index is 13.1. The van der Waals surface area contributed by atoms with E-state index in [9.17, 15) is 14.4 Å². The van der Waals surface area contributed by atoms with Crippen molar-refractivity contribution < 1.29 is 33.4 Å². The molecule has 0 aliphatic carbocycles. The molecule has 4 heterocycles. The zero-order valence-electron chi connectivity index (χ0n) is 28.5. The third-order valence-electron chi connectivity index (χ3n) is 8.18. The molecular weight excluding hydrogens is 656 g/mol. The lowest BCUT2D eigenvalue weighted by molar-refractivity contribution is -0.146. The van der Waals surface area contributed by atoms with Crippen LogP contribution in [0, 0.1) is 0 Å². The molecule has 2 aromatic heterocycles. The number of aromatic nitrogens is 5. The zero-order valence-corrected chi connectivity index (χ0v) is 28.5. The summed E-state index contributed by atoms with van der Waals surface area (Å²) in [7, 11) is 1.60. The first-order valence-electron chi connectivity index (χ1n) is 16.4. The van der Waals surface area contributed by atoms with Crippen molar-refractivity contribution in [3.63, 3.8) is 0 Å². The Hall–Kier alpha value is -6.09. The Labute approximate surface area is 293 Å². The standard InChI is InChI=1S/C36H36N8O7/c1-36(2,3)50-35(47)42-19-24(20-42)37-31-16-11-23-17-26(14-15-29(23)38-31)49-21-30(51-44-33(45)27-7-5-6-8-28(27)34(44)46)32-39-41-43(40-32)18-22-9-12-25(48-4)13-10-22/h5-17,24,30H,18-21H2,1-4H3,(H,37,38). The van der Waals surface area contributed by atoms with Crippen molar-refractivity contribution in [1.29, 1.82) is 0 Å². The van der Waals surface area contributed by atoms with Gasteiger partial charge in [0.05, 0.1) is 36.3 Å². The lowest BCUT2D eigenvalue weighted by Crippen LogP contribution is -2.58. The van der Waals surface area contributed by atoms with Crippen molar-refractivity contribution in [3.8, 4) is 11.5 Å². The molecule has 3 aromatic carbocycles. The number of tetrazole rings is 1. The SMILES string of the molecule is COc1ccc(Cn2nnc(C(COc3ccc4nc(NC5CN(C(=O)OC(C)(C)C)C5)ccc4c3)ON3C(=O)c4ccccc4C3=O)n2)cc1. The highest BCUT2D eigenvalue weighted by molar-refractivity contribution is 6.20.